The van der Waals surface area contributed by atoms with Crippen LogP contribution in [0, 0.1) is 13.8 Å². The molecule has 0 bridgehead atoms. The van der Waals surface area contributed by atoms with Gasteiger partial charge in [-0.15, -0.1) is 11.3 Å². The number of aryl methyl sites for hydroxylation is 2. The number of aromatic nitrogens is 2. The van der Waals surface area contributed by atoms with Crippen LogP contribution in [0.2, 0.25) is 0 Å². The van der Waals surface area contributed by atoms with Crippen LogP contribution in [0.3, 0.4) is 0 Å². The van der Waals surface area contributed by atoms with Gasteiger partial charge in [0.1, 0.15) is 5.82 Å². The quantitative estimate of drug-likeness (QED) is 0.203. The highest BCUT2D eigenvalue weighted by molar-refractivity contribution is 7.26. The van der Waals surface area contributed by atoms with Crippen LogP contribution in [0.1, 0.15) is 61.8 Å². The lowest BCUT2D eigenvalue weighted by Gasteiger charge is -2.24. The molecular formula is C39H36N2S. The summed E-state index contributed by atoms with van der Waals surface area (Å²) in [5, 5.41) is 2.68. The molecule has 0 atom stereocenters. The summed E-state index contributed by atoms with van der Waals surface area (Å²) in [7, 11) is 0. The molecule has 0 saturated carbocycles. The Balaban J connectivity index is 1.60. The van der Waals surface area contributed by atoms with E-state index in [-0.39, 0.29) is 0 Å². The van der Waals surface area contributed by atoms with Gasteiger partial charge in [-0.25, -0.2) is 4.98 Å². The first kappa shape index (κ1) is 26.7. The molecule has 0 saturated heterocycles. The molecule has 0 N–H and O–H groups in total. The number of rotatable bonds is 5. The molecule has 0 fully saturated rings. The first-order chi connectivity index (χ1) is 20.3. The van der Waals surface area contributed by atoms with Crippen LogP contribution in [-0.4, -0.2) is 9.55 Å². The fourth-order valence-electron chi connectivity index (χ4n) is 6.38. The van der Waals surface area contributed by atoms with E-state index in [4.69, 9.17) is 4.98 Å². The minimum absolute atomic E-state index is 0.334. The van der Waals surface area contributed by atoms with Crippen LogP contribution in [0.25, 0.3) is 59.4 Å². The molecule has 7 aromatic rings. The van der Waals surface area contributed by atoms with Gasteiger partial charge in [0.25, 0.3) is 0 Å². The summed E-state index contributed by atoms with van der Waals surface area (Å²) >= 11 is 1.89. The summed E-state index contributed by atoms with van der Waals surface area (Å²) in [6, 6.07) is 35.6. The lowest BCUT2D eigenvalue weighted by Crippen LogP contribution is -2.09. The van der Waals surface area contributed by atoms with E-state index in [1.54, 1.807) is 0 Å². The highest BCUT2D eigenvalue weighted by Crippen LogP contribution is 2.45. The Hall–Kier alpha value is -4.21. The van der Waals surface area contributed by atoms with Gasteiger partial charge in [0.2, 0.25) is 0 Å². The maximum absolute atomic E-state index is 5.38. The van der Waals surface area contributed by atoms with E-state index in [1.165, 1.54) is 64.8 Å². The van der Waals surface area contributed by atoms with Crippen molar-refractivity contribution in [1.82, 2.24) is 9.55 Å². The number of imidazole rings is 1. The molecule has 2 aromatic heterocycles. The fourth-order valence-corrected chi connectivity index (χ4v) is 7.76. The maximum Gasteiger partial charge on any atom is 0.147 e. The molecule has 0 aliphatic heterocycles. The Bertz CT molecular complexity index is 2080. The molecule has 0 spiro atoms. The van der Waals surface area contributed by atoms with Crippen molar-refractivity contribution >= 4 is 42.5 Å². The number of hydrogen-bond acceptors (Lipinski definition) is 2. The monoisotopic (exact) mass is 564 g/mol. The summed E-state index contributed by atoms with van der Waals surface area (Å²) in [6.07, 6.45) is 0. The van der Waals surface area contributed by atoms with Gasteiger partial charge < -0.3 is 0 Å². The van der Waals surface area contributed by atoms with E-state index in [0.29, 0.717) is 11.8 Å². The Morgan fingerprint density at radius 2 is 1.38 bits per heavy atom. The number of benzene rings is 5. The van der Waals surface area contributed by atoms with E-state index in [2.05, 4.69) is 143 Å². The summed E-state index contributed by atoms with van der Waals surface area (Å²) in [6.45, 7) is 13.7. The first-order valence-corrected chi connectivity index (χ1v) is 15.8. The lowest BCUT2D eigenvalue weighted by molar-refractivity contribution is 0.812. The number of thiophene rings is 1. The Kier molecular flexibility index (Phi) is 6.51. The highest BCUT2D eigenvalue weighted by Gasteiger charge is 2.25. The largest absolute Gasteiger partial charge is 0.292 e. The van der Waals surface area contributed by atoms with Gasteiger partial charge in [0.05, 0.1) is 16.7 Å². The van der Waals surface area contributed by atoms with Crippen molar-refractivity contribution in [3.63, 3.8) is 0 Å². The normalized spacial score (nSPS) is 12.0. The summed E-state index contributed by atoms with van der Waals surface area (Å²) in [5.41, 5.74) is 12.5. The topological polar surface area (TPSA) is 17.8 Å². The molecule has 0 aliphatic carbocycles. The number of hydrogen-bond donors (Lipinski definition) is 0. The van der Waals surface area contributed by atoms with Crippen LogP contribution < -0.4 is 0 Å². The second kappa shape index (κ2) is 10.3. The summed E-state index contributed by atoms with van der Waals surface area (Å²) in [5.74, 6) is 1.68. The van der Waals surface area contributed by atoms with Crippen molar-refractivity contribution in [2.75, 3.05) is 0 Å². The number of nitrogens with zero attached hydrogens (tertiary/aromatic N) is 2. The van der Waals surface area contributed by atoms with Crippen LogP contribution in [-0.2, 0) is 0 Å². The van der Waals surface area contributed by atoms with Gasteiger partial charge in [0.15, 0.2) is 0 Å². The third-order valence-electron chi connectivity index (χ3n) is 8.53. The van der Waals surface area contributed by atoms with E-state index >= 15 is 0 Å². The zero-order valence-electron chi connectivity index (χ0n) is 25.2. The summed E-state index contributed by atoms with van der Waals surface area (Å²) < 4.78 is 5.11. The third kappa shape index (κ3) is 4.26. The lowest BCUT2D eigenvalue weighted by atomic mass is 9.88. The van der Waals surface area contributed by atoms with Gasteiger partial charge in [-0.3, -0.25) is 4.57 Å². The zero-order valence-corrected chi connectivity index (χ0v) is 26.0. The predicted molar refractivity (Wildman–Crippen MR) is 182 cm³/mol. The maximum atomic E-state index is 5.38. The zero-order chi connectivity index (χ0) is 29.1. The average Bonchev–Trinajstić information content (AvgIpc) is 3.56. The highest BCUT2D eigenvalue weighted by atomic mass is 32.1. The van der Waals surface area contributed by atoms with E-state index in [0.717, 1.165) is 16.9 Å². The Labute approximate surface area is 252 Å². The van der Waals surface area contributed by atoms with Gasteiger partial charge in [-0.05, 0) is 95.5 Å². The van der Waals surface area contributed by atoms with Crippen molar-refractivity contribution in [1.29, 1.82) is 0 Å². The Morgan fingerprint density at radius 1 is 0.690 bits per heavy atom. The van der Waals surface area contributed by atoms with Crippen molar-refractivity contribution in [3.05, 3.63) is 119 Å². The molecule has 7 rings (SSSR count). The van der Waals surface area contributed by atoms with Crippen molar-refractivity contribution in [3.8, 4) is 28.2 Å². The molecule has 0 aliphatic rings. The molecule has 0 radical (unpaired) electrons. The molecule has 42 heavy (non-hydrogen) atoms. The smallest absolute Gasteiger partial charge is 0.147 e. The molecule has 0 amide bonds. The van der Waals surface area contributed by atoms with Crippen LogP contribution in [0.5, 0.6) is 0 Å². The standard InChI is InChI=1S/C39H36N2S/c1-23(2)31-21-28(27-12-8-7-9-13-27)22-32(24(3)4)37(31)41-34-15-11-10-14-33(34)40-39(41)30-19-17-26(6)36-29-18-16-25(5)20-35(29)42-38(30)36/h7-24H,1-6H3. The van der Waals surface area contributed by atoms with Crippen LogP contribution in [0.4, 0.5) is 0 Å². The molecule has 3 heteroatoms. The van der Waals surface area contributed by atoms with Crippen molar-refractivity contribution in [2.45, 2.75) is 53.4 Å². The Morgan fingerprint density at radius 3 is 2.10 bits per heavy atom. The van der Waals surface area contributed by atoms with Gasteiger partial charge in [0, 0.05) is 25.7 Å². The fraction of sp³-hybridized carbons (Fsp3) is 0.205. The van der Waals surface area contributed by atoms with E-state index < -0.39 is 0 Å². The molecular weight excluding hydrogens is 529 g/mol. The summed E-state index contributed by atoms with van der Waals surface area (Å²) in [4.78, 5) is 5.38. The minimum atomic E-state index is 0.334. The molecule has 208 valence electrons. The number of para-hydroxylation sites is 2. The predicted octanol–water partition coefficient (Wildman–Crippen LogP) is 11.6. The van der Waals surface area contributed by atoms with Crippen molar-refractivity contribution < 1.29 is 0 Å². The van der Waals surface area contributed by atoms with Crippen LogP contribution in [0.15, 0.2) is 97.1 Å². The molecule has 2 nitrogen and oxygen atoms in total. The third-order valence-corrected chi connectivity index (χ3v) is 9.72. The average molecular weight is 565 g/mol. The van der Waals surface area contributed by atoms with Gasteiger partial charge >= 0.3 is 0 Å². The van der Waals surface area contributed by atoms with Gasteiger partial charge in [-0.1, -0.05) is 88.4 Å². The molecule has 2 heterocycles. The van der Waals surface area contributed by atoms with E-state index in [1.807, 2.05) is 11.3 Å². The SMILES string of the molecule is Cc1ccc2c(c1)sc1c(-c3nc4ccccc4n3-c3c(C(C)C)cc(-c4ccccc4)cc3C(C)C)ccc(C)c12. The van der Waals surface area contributed by atoms with E-state index in [9.17, 15) is 0 Å². The van der Waals surface area contributed by atoms with Crippen molar-refractivity contribution in [2.24, 2.45) is 0 Å². The van der Waals surface area contributed by atoms with Gasteiger partial charge in [-0.2, -0.15) is 0 Å². The number of fused-ring (bicyclic) bond motifs is 4. The second-order valence-electron chi connectivity index (χ2n) is 12.2. The minimum Gasteiger partial charge on any atom is -0.292 e. The first-order valence-electron chi connectivity index (χ1n) is 15.0. The second-order valence-corrected chi connectivity index (χ2v) is 13.2. The molecule has 0 unspecified atom stereocenters. The molecule has 5 aromatic carbocycles. The van der Waals surface area contributed by atoms with Crippen LogP contribution >= 0.6 is 11.3 Å².